The fourth-order valence-corrected chi connectivity index (χ4v) is 3.89. The Bertz CT molecular complexity index is 1250. The maximum atomic E-state index is 13.5. The standard InChI is InChI=1S/C27H25FN2O3/c1-17-8-9-18(2)22(16-17)29-25-24(21-6-4-5-7-23(21)33-3)26(31)30(27(25)32)15-14-19-10-12-20(28)13-11-19/h4-13,16,29H,14-15H2,1-3H3. The summed E-state index contributed by atoms with van der Waals surface area (Å²) in [6.45, 7) is 4.09. The van der Waals surface area contributed by atoms with Gasteiger partial charge in [0.15, 0.2) is 0 Å². The Labute approximate surface area is 192 Å². The second kappa shape index (κ2) is 9.28. The molecule has 0 spiro atoms. The monoisotopic (exact) mass is 444 g/mol. The Morgan fingerprint density at radius 2 is 1.67 bits per heavy atom. The minimum Gasteiger partial charge on any atom is -0.496 e. The molecule has 3 aromatic carbocycles. The number of para-hydroxylation sites is 1. The Kier molecular flexibility index (Phi) is 6.27. The maximum absolute atomic E-state index is 13.5. The molecule has 1 aliphatic rings. The highest BCUT2D eigenvalue weighted by molar-refractivity contribution is 6.37. The summed E-state index contributed by atoms with van der Waals surface area (Å²) in [5.41, 5.74) is 4.64. The molecule has 1 aliphatic heterocycles. The molecule has 0 aromatic heterocycles. The molecule has 5 nitrogen and oxygen atoms in total. The molecule has 1 heterocycles. The highest BCUT2D eigenvalue weighted by Gasteiger charge is 2.40. The van der Waals surface area contributed by atoms with E-state index in [1.807, 2.05) is 38.1 Å². The number of nitrogens with zero attached hydrogens (tertiary/aromatic N) is 1. The van der Waals surface area contributed by atoms with Gasteiger partial charge in [-0.05, 0) is 61.2 Å². The van der Waals surface area contributed by atoms with Crippen LogP contribution >= 0.6 is 0 Å². The van der Waals surface area contributed by atoms with Crippen LogP contribution in [0.4, 0.5) is 10.1 Å². The Hall–Kier alpha value is -3.93. The third-order valence-corrected chi connectivity index (χ3v) is 5.73. The fourth-order valence-electron chi connectivity index (χ4n) is 3.89. The van der Waals surface area contributed by atoms with Gasteiger partial charge < -0.3 is 10.1 Å². The summed E-state index contributed by atoms with van der Waals surface area (Å²) in [7, 11) is 1.53. The molecule has 4 rings (SSSR count). The first-order valence-electron chi connectivity index (χ1n) is 10.7. The van der Waals surface area contributed by atoms with Crippen LogP contribution in [0.25, 0.3) is 5.57 Å². The van der Waals surface area contributed by atoms with Gasteiger partial charge in [-0.25, -0.2) is 4.39 Å². The molecule has 3 aromatic rings. The van der Waals surface area contributed by atoms with Crippen LogP contribution in [0.15, 0.2) is 72.4 Å². The number of carbonyl (C=O) groups is 2. The molecular formula is C27H25FN2O3. The van der Waals surface area contributed by atoms with Gasteiger partial charge in [-0.15, -0.1) is 0 Å². The number of ether oxygens (including phenoxy) is 1. The molecule has 33 heavy (non-hydrogen) atoms. The van der Waals surface area contributed by atoms with E-state index in [1.54, 1.807) is 30.3 Å². The molecule has 0 saturated heterocycles. The number of hydrogen-bond acceptors (Lipinski definition) is 4. The van der Waals surface area contributed by atoms with Crippen LogP contribution in [0.2, 0.25) is 0 Å². The Morgan fingerprint density at radius 1 is 0.939 bits per heavy atom. The van der Waals surface area contributed by atoms with Crippen LogP contribution in [-0.2, 0) is 16.0 Å². The van der Waals surface area contributed by atoms with Crippen molar-refractivity contribution in [1.29, 1.82) is 0 Å². The topological polar surface area (TPSA) is 58.6 Å². The number of rotatable bonds is 7. The van der Waals surface area contributed by atoms with Gasteiger partial charge in [-0.3, -0.25) is 14.5 Å². The first kappa shape index (κ1) is 22.3. The van der Waals surface area contributed by atoms with Crippen molar-refractivity contribution < 1.29 is 18.7 Å². The van der Waals surface area contributed by atoms with Crippen molar-refractivity contribution in [2.24, 2.45) is 0 Å². The highest BCUT2D eigenvalue weighted by Crippen LogP contribution is 2.35. The lowest BCUT2D eigenvalue weighted by Crippen LogP contribution is -2.34. The molecule has 6 heteroatoms. The highest BCUT2D eigenvalue weighted by atomic mass is 19.1. The summed E-state index contributed by atoms with van der Waals surface area (Å²) in [5.74, 6) is -0.607. The molecule has 1 N–H and O–H groups in total. The molecule has 0 atom stereocenters. The summed E-state index contributed by atoms with van der Waals surface area (Å²) >= 11 is 0. The zero-order chi connectivity index (χ0) is 23.5. The molecule has 0 fully saturated rings. The van der Waals surface area contributed by atoms with Gasteiger partial charge in [0.05, 0.1) is 12.7 Å². The van der Waals surface area contributed by atoms with E-state index in [4.69, 9.17) is 4.74 Å². The lowest BCUT2D eigenvalue weighted by Gasteiger charge is -2.16. The number of halogens is 1. The average molecular weight is 445 g/mol. The Balaban J connectivity index is 1.72. The molecule has 168 valence electrons. The van der Waals surface area contributed by atoms with Crippen LogP contribution in [0, 0.1) is 19.7 Å². The number of imide groups is 1. The minimum atomic E-state index is -0.399. The van der Waals surface area contributed by atoms with Crippen LogP contribution in [0.3, 0.4) is 0 Å². The second-order valence-corrected chi connectivity index (χ2v) is 8.03. The zero-order valence-corrected chi connectivity index (χ0v) is 18.8. The molecule has 0 aliphatic carbocycles. The van der Waals surface area contributed by atoms with E-state index in [9.17, 15) is 14.0 Å². The van der Waals surface area contributed by atoms with E-state index >= 15 is 0 Å². The normalized spacial score (nSPS) is 13.6. The van der Waals surface area contributed by atoms with Crippen molar-refractivity contribution in [3.05, 3.63) is 100 Å². The van der Waals surface area contributed by atoms with Crippen LogP contribution in [0.1, 0.15) is 22.3 Å². The van der Waals surface area contributed by atoms with Gasteiger partial charge in [-0.2, -0.15) is 0 Å². The quantitative estimate of drug-likeness (QED) is 0.528. The summed E-state index contributed by atoms with van der Waals surface area (Å²) < 4.78 is 18.7. The first-order chi connectivity index (χ1) is 15.9. The van der Waals surface area contributed by atoms with Crippen LogP contribution < -0.4 is 10.1 Å². The second-order valence-electron chi connectivity index (χ2n) is 8.03. The van der Waals surface area contributed by atoms with E-state index in [-0.39, 0.29) is 29.5 Å². The third kappa shape index (κ3) is 4.51. The minimum absolute atomic E-state index is 0.180. The van der Waals surface area contributed by atoms with E-state index < -0.39 is 5.91 Å². The van der Waals surface area contributed by atoms with E-state index in [2.05, 4.69) is 5.32 Å². The molecular weight excluding hydrogens is 419 g/mol. The summed E-state index contributed by atoms with van der Waals surface area (Å²) in [4.78, 5) is 28.2. The van der Waals surface area contributed by atoms with Gasteiger partial charge in [0.25, 0.3) is 11.8 Å². The molecule has 0 saturated carbocycles. The fraction of sp³-hybridized carbons (Fsp3) is 0.185. The first-order valence-corrected chi connectivity index (χ1v) is 10.7. The van der Waals surface area contributed by atoms with Crippen molar-refractivity contribution in [1.82, 2.24) is 4.90 Å². The summed E-state index contributed by atoms with van der Waals surface area (Å²) in [6, 6.07) is 19.1. The van der Waals surface area contributed by atoms with E-state index in [1.165, 1.54) is 24.1 Å². The third-order valence-electron chi connectivity index (χ3n) is 5.73. The SMILES string of the molecule is COc1ccccc1C1=C(Nc2cc(C)ccc2C)C(=O)N(CCc2ccc(F)cc2)C1=O. The van der Waals surface area contributed by atoms with Crippen molar-refractivity contribution in [3.63, 3.8) is 0 Å². The maximum Gasteiger partial charge on any atom is 0.278 e. The van der Waals surface area contributed by atoms with Crippen molar-refractivity contribution in [3.8, 4) is 5.75 Å². The number of amides is 2. The van der Waals surface area contributed by atoms with Gasteiger partial charge >= 0.3 is 0 Å². The predicted molar refractivity (Wildman–Crippen MR) is 126 cm³/mol. The summed E-state index contributed by atoms with van der Waals surface area (Å²) in [5, 5.41) is 3.23. The Morgan fingerprint density at radius 3 is 2.39 bits per heavy atom. The van der Waals surface area contributed by atoms with Gasteiger partial charge in [0, 0.05) is 17.8 Å². The number of hydrogen-bond donors (Lipinski definition) is 1. The number of anilines is 1. The largest absolute Gasteiger partial charge is 0.496 e. The average Bonchev–Trinajstić information content (AvgIpc) is 3.04. The van der Waals surface area contributed by atoms with Crippen LogP contribution in [-0.4, -0.2) is 30.4 Å². The lowest BCUT2D eigenvalue weighted by atomic mass is 10.0. The van der Waals surface area contributed by atoms with E-state index in [0.29, 0.717) is 17.7 Å². The smallest absolute Gasteiger partial charge is 0.278 e. The summed E-state index contributed by atoms with van der Waals surface area (Å²) in [6.07, 6.45) is 0.424. The zero-order valence-electron chi connectivity index (χ0n) is 18.8. The van der Waals surface area contributed by atoms with Crippen molar-refractivity contribution >= 4 is 23.1 Å². The van der Waals surface area contributed by atoms with Crippen molar-refractivity contribution in [2.45, 2.75) is 20.3 Å². The van der Waals surface area contributed by atoms with Crippen molar-refractivity contribution in [2.75, 3.05) is 19.0 Å². The number of nitrogens with one attached hydrogen (secondary N) is 1. The van der Waals surface area contributed by atoms with Gasteiger partial charge in [0.2, 0.25) is 0 Å². The molecule has 2 amide bonds. The van der Waals surface area contributed by atoms with E-state index in [0.717, 1.165) is 22.4 Å². The van der Waals surface area contributed by atoms with Gasteiger partial charge in [-0.1, -0.05) is 42.5 Å². The predicted octanol–water partition coefficient (Wildman–Crippen LogP) is 4.89. The molecule has 0 radical (unpaired) electrons. The molecule has 0 unspecified atom stereocenters. The lowest BCUT2D eigenvalue weighted by molar-refractivity contribution is -0.136. The number of methoxy groups -OCH3 is 1. The van der Waals surface area contributed by atoms with Gasteiger partial charge in [0.1, 0.15) is 17.3 Å². The number of aryl methyl sites for hydroxylation is 2. The number of benzene rings is 3. The van der Waals surface area contributed by atoms with Crippen LogP contribution in [0.5, 0.6) is 5.75 Å². The number of carbonyl (C=O) groups excluding carboxylic acids is 2. The molecule has 0 bridgehead atoms.